The topological polar surface area (TPSA) is 38.9 Å². The Morgan fingerprint density at radius 3 is 3.45 bits per heavy atom. The highest BCUT2D eigenvalue weighted by atomic mass is 32.1. The van der Waals surface area contributed by atoms with Crippen LogP contribution in [0.3, 0.4) is 0 Å². The van der Waals surface area contributed by atoms with Gasteiger partial charge in [-0.25, -0.2) is 4.98 Å². The summed E-state index contributed by atoms with van der Waals surface area (Å²) < 4.78 is 0. The molecule has 1 aromatic heterocycles. The van der Waals surface area contributed by atoms with Crippen molar-refractivity contribution in [1.29, 1.82) is 0 Å². The number of rotatable bonds is 2. The third-order valence-corrected chi connectivity index (χ3v) is 3.32. The van der Waals surface area contributed by atoms with Crippen molar-refractivity contribution in [2.24, 2.45) is 5.73 Å². The summed E-state index contributed by atoms with van der Waals surface area (Å²) in [6.45, 7) is 0.808. The quantitative estimate of drug-likeness (QED) is 0.727. The zero-order valence-electron chi connectivity index (χ0n) is 6.42. The van der Waals surface area contributed by atoms with E-state index in [9.17, 15) is 0 Å². The van der Waals surface area contributed by atoms with Gasteiger partial charge in [0.25, 0.3) is 0 Å². The summed E-state index contributed by atoms with van der Waals surface area (Å²) in [6.07, 6.45) is 3.57. The van der Waals surface area contributed by atoms with Crippen molar-refractivity contribution in [2.45, 2.75) is 25.2 Å². The fourth-order valence-corrected chi connectivity index (χ4v) is 2.73. The van der Waals surface area contributed by atoms with Crippen LogP contribution in [-0.4, -0.2) is 11.5 Å². The van der Waals surface area contributed by atoms with Gasteiger partial charge in [0.05, 0.1) is 11.2 Å². The molecule has 3 heteroatoms. The molecule has 1 aromatic rings. The fourth-order valence-electron chi connectivity index (χ4n) is 1.72. The maximum atomic E-state index is 5.52. The van der Waals surface area contributed by atoms with Crippen LogP contribution in [-0.2, 0) is 6.42 Å². The van der Waals surface area contributed by atoms with Crippen LogP contribution in [0.5, 0.6) is 0 Å². The molecule has 1 aliphatic rings. The lowest BCUT2D eigenvalue weighted by Gasteiger charge is -2.05. The first-order valence-electron chi connectivity index (χ1n) is 4.04. The van der Waals surface area contributed by atoms with E-state index in [4.69, 9.17) is 5.73 Å². The molecular formula is C8H12N2S. The Hall–Kier alpha value is -0.410. The Bertz CT molecular complexity index is 244. The molecule has 1 unspecified atom stereocenters. The summed E-state index contributed by atoms with van der Waals surface area (Å²) in [6, 6.07) is 0. The zero-order chi connectivity index (χ0) is 7.68. The third kappa shape index (κ3) is 1.19. The van der Waals surface area contributed by atoms with Gasteiger partial charge in [0, 0.05) is 4.88 Å². The van der Waals surface area contributed by atoms with Crippen LogP contribution in [0.25, 0.3) is 0 Å². The number of hydrogen-bond acceptors (Lipinski definition) is 3. The summed E-state index contributed by atoms with van der Waals surface area (Å²) >= 11 is 1.79. The number of aryl methyl sites for hydroxylation is 1. The molecule has 0 aromatic carbocycles. The standard InChI is InChI=1S/C8H12N2S/c9-4-3-6-1-2-7-8(6)11-5-10-7/h5-6H,1-4,9H2. The second-order valence-corrected chi connectivity index (χ2v) is 3.86. The number of nitrogens with zero attached hydrogens (tertiary/aromatic N) is 1. The minimum absolute atomic E-state index is 0.725. The first-order valence-corrected chi connectivity index (χ1v) is 4.92. The van der Waals surface area contributed by atoms with Crippen LogP contribution in [0, 0.1) is 0 Å². The highest BCUT2D eigenvalue weighted by Gasteiger charge is 2.23. The van der Waals surface area contributed by atoms with Gasteiger partial charge in [0.15, 0.2) is 0 Å². The van der Waals surface area contributed by atoms with Crippen LogP contribution in [0.1, 0.15) is 29.3 Å². The molecule has 0 amide bonds. The van der Waals surface area contributed by atoms with Crippen molar-refractivity contribution in [3.8, 4) is 0 Å². The molecule has 0 saturated heterocycles. The second kappa shape index (κ2) is 2.91. The van der Waals surface area contributed by atoms with Gasteiger partial charge < -0.3 is 5.73 Å². The largest absolute Gasteiger partial charge is 0.330 e. The van der Waals surface area contributed by atoms with Crippen molar-refractivity contribution in [1.82, 2.24) is 4.98 Å². The van der Waals surface area contributed by atoms with Crippen LogP contribution < -0.4 is 5.73 Å². The number of nitrogens with two attached hydrogens (primary N) is 1. The molecule has 11 heavy (non-hydrogen) atoms. The number of aromatic nitrogens is 1. The lowest BCUT2D eigenvalue weighted by atomic mass is 10.1. The van der Waals surface area contributed by atoms with E-state index in [1.165, 1.54) is 23.4 Å². The molecule has 60 valence electrons. The minimum atomic E-state index is 0.725. The molecule has 0 aliphatic heterocycles. The second-order valence-electron chi connectivity index (χ2n) is 2.98. The Kier molecular flexibility index (Phi) is 1.92. The molecule has 0 fully saturated rings. The summed E-state index contributed by atoms with van der Waals surface area (Å²) in [7, 11) is 0. The van der Waals surface area contributed by atoms with Gasteiger partial charge in [-0.3, -0.25) is 0 Å². The van der Waals surface area contributed by atoms with Crippen molar-refractivity contribution < 1.29 is 0 Å². The summed E-state index contributed by atoms with van der Waals surface area (Å²) in [5.74, 6) is 0.725. The molecule has 2 N–H and O–H groups in total. The van der Waals surface area contributed by atoms with E-state index in [0.29, 0.717) is 0 Å². The Labute approximate surface area is 70.5 Å². The molecule has 0 radical (unpaired) electrons. The van der Waals surface area contributed by atoms with Gasteiger partial charge in [-0.15, -0.1) is 11.3 Å². The summed E-state index contributed by atoms with van der Waals surface area (Å²) in [5, 5.41) is 0. The molecule has 1 aliphatic carbocycles. The lowest BCUT2D eigenvalue weighted by molar-refractivity contribution is 0.633. The normalized spacial score (nSPS) is 22.1. The van der Waals surface area contributed by atoms with E-state index in [-0.39, 0.29) is 0 Å². The Morgan fingerprint density at radius 1 is 1.73 bits per heavy atom. The maximum Gasteiger partial charge on any atom is 0.0797 e. The van der Waals surface area contributed by atoms with E-state index in [1.54, 1.807) is 11.3 Å². The van der Waals surface area contributed by atoms with E-state index in [1.807, 2.05) is 5.51 Å². The zero-order valence-corrected chi connectivity index (χ0v) is 7.23. The molecule has 0 saturated carbocycles. The number of fused-ring (bicyclic) bond motifs is 1. The van der Waals surface area contributed by atoms with Gasteiger partial charge in [-0.05, 0) is 31.7 Å². The summed E-state index contributed by atoms with van der Waals surface area (Å²) in [4.78, 5) is 5.80. The molecular weight excluding hydrogens is 156 g/mol. The van der Waals surface area contributed by atoms with Gasteiger partial charge in [0.1, 0.15) is 0 Å². The Morgan fingerprint density at radius 2 is 2.64 bits per heavy atom. The molecule has 0 bridgehead atoms. The Balaban J connectivity index is 2.18. The van der Waals surface area contributed by atoms with Gasteiger partial charge in [-0.1, -0.05) is 0 Å². The lowest BCUT2D eigenvalue weighted by Crippen LogP contribution is -2.03. The van der Waals surface area contributed by atoms with Gasteiger partial charge in [-0.2, -0.15) is 0 Å². The third-order valence-electron chi connectivity index (χ3n) is 2.29. The molecule has 1 heterocycles. The highest BCUT2D eigenvalue weighted by Crippen LogP contribution is 2.36. The smallest absolute Gasteiger partial charge is 0.0797 e. The molecule has 1 atom stereocenters. The first kappa shape index (κ1) is 7.25. The first-order chi connectivity index (χ1) is 5.42. The number of thiazole rings is 1. The van der Waals surface area contributed by atoms with Crippen LogP contribution >= 0.6 is 11.3 Å². The van der Waals surface area contributed by atoms with E-state index >= 15 is 0 Å². The van der Waals surface area contributed by atoms with Crippen LogP contribution in [0.4, 0.5) is 0 Å². The van der Waals surface area contributed by atoms with E-state index in [2.05, 4.69) is 4.98 Å². The fraction of sp³-hybridized carbons (Fsp3) is 0.625. The minimum Gasteiger partial charge on any atom is -0.330 e. The van der Waals surface area contributed by atoms with Crippen molar-refractivity contribution in [2.75, 3.05) is 6.54 Å². The summed E-state index contributed by atoms with van der Waals surface area (Å²) in [5.41, 5.74) is 8.80. The van der Waals surface area contributed by atoms with E-state index in [0.717, 1.165) is 18.9 Å². The molecule has 0 spiro atoms. The monoisotopic (exact) mass is 168 g/mol. The highest BCUT2D eigenvalue weighted by molar-refractivity contribution is 7.09. The maximum absolute atomic E-state index is 5.52. The predicted molar refractivity (Wildman–Crippen MR) is 46.8 cm³/mol. The van der Waals surface area contributed by atoms with Gasteiger partial charge in [0.2, 0.25) is 0 Å². The molecule has 2 rings (SSSR count). The average Bonchev–Trinajstić information content (AvgIpc) is 2.53. The van der Waals surface area contributed by atoms with Crippen LogP contribution in [0.2, 0.25) is 0 Å². The average molecular weight is 168 g/mol. The van der Waals surface area contributed by atoms with Crippen LogP contribution in [0.15, 0.2) is 5.51 Å². The number of hydrogen-bond donors (Lipinski definition) is 1. The SMILES string of the molecule is NCCC1CCc2ncsc21. The van der Waals surface area contributed by atoms with Crippen molar-refractivity contribution in [3.05, 3.63) is 16.1 Å². The predicted octanol–water partition coefficient (Wildman–Crippen LogP) is 1.52. The van der Waals surface area contributed by atoms with Crippen molar-refractivity contribution in [3.63, 3.8) is 0 Å². The van der Waals surface area contributed by atoms with E-state index < -0.39 is 0 Å². The van der Waals surface area contributed by atoms with Crippen molar-refractivity contribution >= 4 is 11.3 Å². The van der Waals surface area contributed by atoms with Gasteiger partial charge >= 0.3 is 0 Å². The molecule has 2 nitrogen and oxygen atoms in total.